The average molecular weight is 806 g/mol. The molecule has 0 aliphatic carbocycles. The SMILES string of the molecule is Cc1nc2n(c(=O)c1CCN1CCC(c3noc4cc(F)ccc34)CC1)CCCC2OCCCCCC(=O)N1CCN(C(=O)CCC(=O)On2c(O)ccc2O)CC1. The number of nitrogens with zero attached hydrogens (tertiary/aromatic N) is 7. The molecule has 312 valence electrons. The zero-order valence-corrected chi connectivity index (χ0v) is 32.9. The van der Waals surface area contributed by atoms with Crippen LogP contribution in [0, 0.1) is 12.7 Å². The van der Waals surface area contributed by atoms with Gasteiger partial charge < -0.3 is 39.0 Å². The maximum atomic E-state index is 13.7. The largest absolute Gasteiger partial charge is 0.492 e. The summed E-state index contributed by atoms with van der Waals surface area (Å²) in [6.45, 7) is 7.17. The van der Waals surface area contributed by atoms with Gasteiger partial charge in [0.15, 0.2) is 5.58 Å². The van der Waals surface area contributed by atoms with Gasteiger partial charge in [-0.25, -0.2) is 14.2 Å². The van der Waals surface area contributed by atoms with Gasteiger partial charge in [0, 0.05) is 99.5 Å². The number of fused-ring (bicyclic) bond motifs is 2. The van der Waals surface area contributed by atoms with Gasteiger partial charge in [-0.15, -0.1) is 4.73 Å². The zero-order chi connectivity index (χ0) is 40.8. The number of carbonyl (C=O) groups excluding carboxylic acids is 3. The Morgan fingerprint density at radius 3 is 2.31 bits per heavy atom. The zero-order valence-electron chi connectivity index (χ0n) is 32.9. The Hall–Kier alpha value is -5.29. The van der Waals surface area contributed by atoms with Gasteiger partial charge >= 0.3 is 5.97 Å². The molecule has 2 N–H and O–H groups in total. The number of aromatic nitrogens is 4. The Labute approximate surface area is 335 Å². The van der Waals surface area contributed by atoms with Gasteiger partial charge in [-0.2, -0.15) is 0 Å². The standard InChI is InChI=1S/C41H52FN7O9/c1-27-30(16-20-45-18-14-28(15-19-45)39-31-9-8-29(42)26-33(31)57-44-39)41(55)48-17-5-6-32(40(48)43-27)56-25-4-2-3-7-34(50)46-21-23-47(24-22-46)35(51)12-13-38(54)58-49-36(52)10-11-37(49)53/h8-11,26,28,32,52-53H,2-7,12-25H2,1H3. The summed E-state index contributed by atoms with van der Waals surface area (Å²) in [5.74, 6) is -1.22. The molecule has 3 aliphatic rings. The van der Waals surface area contributed by atoms with Crippen LogP contribution >= 0.6 is 0 Å². The molecule has 58 heavy (non-hydrogen) atoms. The summed E-state index contributed by atoms with van der Waals surface area (Å²) >= 11 is 0. The van der Waals surface area contributed by atoms with Crippen LogP contribution in [0.4, 0.5) is 4.39 Å². The van der Waals surface area contributed by atoms with Crippen molar-refractivity contribution < 1.29 is 43.1 Å². The molecular formula is C41H52FN7O9. The molecule has 2 amide bonds. The number of piperidine rings is 1. The summed E-state index contributed by atoms with van der Waals surface area (Å²) in [5, 5.41) is 24.3. The maximum absolute atomic E-state index is 13.7. The van der Waals surface area contributed by atoms with Crippen molar-refractivity contribution in [1.82, 2.24) is 34.1 Å². The van der Waals surface area contributed by atoms with Gasteiger partial charge in [0.25, 0.3) is 5.56 Å². The van der Waals surface area contributed by atoms with Crippen LogP contribution in [0.5, 0.6) is 11.8 Å². The molecule has 1 aromatic carbocycles. The lowest BCUT2D eigenvalue weighted by molar-refractivity contribution is -0.148. The molecule has 0 radical (unpaired) electrons. The highest BCUT2D eigenvalue weighted by Crippen LogP contribution is 2.33. The van der Waals surface area contributed by atoms with Crippen LogP contribution in [-0.4, -0.2) is 115 Å². The topological polar surface area (TPSA) is 186 Å². The van der Waals surface area contributed by atoms with E-state index in [1.54, 1.807) is 20.4 Å². The molecule has 1 unspecified atom stereocenters. The van der Waals surface area contributed by atoms with Crippen LogP contribution in [0.15, 0.2) is 39.6 Å². The molecule has 7 rings (SSSR count). The molecule has 4 aromatic rings. The van der Waals surface area contributed by atoms with E-state index in [-0.39, 0.29) is 48.1 Å². The lowest BCUT2D eigenvalue weighted by Gasteiger charge is -2.35. The Bertz CT molecular complexity index is 2130. The Morgan fingerprint density at radius 1 is 0.879 bits per heavy atom. The number of ether oxygens (including phenoxy) is 1. The van der Waals surface area contributed by atoms with E-state index in [0.29, 0.717) is 74.7 Å². The second-order valence-electron chi connectivity index (χ2n) is 15.4. The number of aromatic hydroxyl groups is 2. The number of hydrogen-bond acceptors (Lipinski definition) is 12. The highest BCUT2D eigenvalue weighted by Gasteiger charge is 2.29. The third kappa shape index (κ3) is 9.52. The first-order valence-corrected chi connectivity index (χ1v) is 20.4. The molecule has 2 saturated heterocycles. The fourth-order valence-corrected chi connectivity index (χ4v) is 8.27. The summed E-state index contributed by atoms with van der Waals surface area (Å²) < 4.78 is 27.7. The predicted octanol–water partition coefficient (Wildman–Crippen LogP) is 3.99. The summed E-state index contributed by atoms with van der Waals surface area (Å²) in [4.78, 5) is 66.8. The van der Waals surface area contributed by atoms with E-state index < -0.39 is 17.7 Å². The number of rotatable bonds is 15. The Morgan fingerprint density at radius 2 is 1.59 bits per heavy atom. The van der Waals surface area contributed by atoms with E-state index in [0.717, 1.165) is 80.5 Å². The van der Waals surface area contributed by atoms with Crippen LogP contribution < -0.4 is 10.4 Å². The number of amides is 2. The van der Waals surface area contributed by atoms with Crippen LogP contribution in [0.1, 0.15) is 99.0 Å². The number of carbonyl (C=O) groups is 3. The van der Waals surface area contributed by atoms with Crippen molar-refractivity contribution in [2.24, 2.45) is 0 Å². The van der Waals surface area contributed by atoms with Crippen molar-refractivity contribution in [2.45, 2.75) is 96.1 Å². The number of halogens is 1. The average Bonchev–Trinajstić information content (AvgIpc) is 3.79. The van der Waals surface area contributed by atoms with E-state index in [9.17, 15) is 33.8 Å². The van der Waals surface area contributed by atoms with Crippen molar-refractivity contribution >= 4 is 28.8 Å². The highest BCUT2D eigenvalue weighted by molar-refractivity contribution is 5.82. The van der Waals surface area contributed by atoms with Crippen LogP contribution in [0.25, 0.3) is 11.0 Å². The lowest BCUT2D eigenvalue weighted by Crippen LogP contribution is -2.50. The fraction of sp³-hybridized carbons (Fsp3) is 0.561. The molecule has 1 atom stereocenters. The minimum atomic E-state index is -0.772. The first-order chi connectivity index (χ1) is 28.0. The monoisotopic (exact) mass is 805 g/mol. The lowest BCUT2D eigenvalue weighted by atomic mass is 9.91. The van der Waals surface area contributed by atoms with Gasteiger partial charge in [-0.05, 0) is 77.1 Å². The van der Waals surface area contributed by atoms with Crippen molar-refractivity contribution in [1.29, 1.82) is 0 Å². The van der Waals surface area contributed by atoms with E-state index >= 15 is 0 Å². The molecule has 3 aliphatic heterocycles. The van der Waals surface area contributed by atoms with Gasteiger partial charge in [0.2, 0.25) is 23.6 Å². The van der Waals surface area contributed by atoms with Crippen molar-refractivity contribution in [3.05, 3.63) is 69.3 Å². The summed E-state index contributed by atoms with van der Waals surface area (Å²) in [7, 11) is 0. The number of likely N-dealkylation sites (tertiary alicyclic amines) is 1. The number of piperazine rings is 1. The van der Waals surface area contributed by atoms with E-state index in [1.807, 2.05) is 6.92 Å². The summed E-state index contributed by atoms with van der Waals surface area (Å²) in [6.07, 6.45) is 6.26. The number of unbranched alkanes of at least 4 members (excludes halogenated alkanes) is 2. The first kappa shape index (κ1) is 40.9. The molecular weight excluding hydrogens is 753 g/mol. The van der Waals surface area contributed by atoms with E-state index in [1.165, 1.54) is 24.3 Å². The molecule has 0 spiro atoms. The van der Waals surface area contributed by atoms with Crippen molar-refractivity contribution in [2.75, 3.05) is 52.4 Å². The molecule has 0 saturated carbocycles. The van der Waals surface area contributed by atoms with Crippen LogP contribution in [0.2, 0.25) is 0 Å². The third-order valence-electron chi connectivity index (χ3n) is 11.6. The molecule has 17 heteroatoms. The highest BCUT2D eigenvalue weighted by atomic mass is 19.1. The minimum absolute atomic E-state index is 0.0211. The van der Waals surface area contributed by atoms with Gasteiger partial charge in [0.05, 0.1) is 12.1 Å². The Balaban J connectivity index is 0.784. The predicted molar refractivity (Wildman–Crippen MR) is 207 cm³/mol. The summed E-state index contributed by atoms with van der Waals surface area (Å²) in [6, 6.07) is 6.90. The van der Waals surface area contributed by atoms with Gasteiger partial charge in [0.1, 0.15) is 17.7 Å². The molecule has 0 bridgehead atoms. The molecule has 3 aromatic heterocycles. The Kier molecular flexibility index (Phi) is 13.1. The van der Waals surface area contributed by atoms with E-state index in [4.69, 9.17) is 19.1 Å². The van der Waals surface area contributed by atoms with Crippen LogP contribution in [0.3, 0.4) is 0 Å². The number of aryl methyl sites for hydroxylation is 1. The van der Waals surface area contributed by atoms with E-state index in [2.05, 4.69) is 10.1 Å². The second-order valence-corrected chi connectivity index (χ2v) is 15.4. The first-order valence-electron chi connectivity index (χ1n) is 20.4. The number of hydrogen-bond donors (Lipinski definition) is 2. The third-order valence-corrected chi connectivity index (χ3v) is 11.6. The van der Waals surface area contributed by atoms with Crippen molar-refractivity contribution in [3.63, 3.8) is 0 Å². The quantitative estimate of drug-likeness (QED) is 0.165. The maximum Gasteiger partial charge on any atom is 0.333 e. The van der Waals surface area contributed by atoms with Gasteiger partial charge in [-0.3, -0.25) is 19.0 Å². The molecule has 6 heterocycles. The normalized spacial score (nSPS) is 17.8. The second kappa shape index (κ2) is 18.5. The smallest absolute Gasteiger partial charge is 0.333 e. The molecule has 16 nitrogen and oxygen atoms in total. The fourth-order valence-electron chi connectivity index (χ4n) is 8.27. The summed E-state index contributed by atoms with van der Waals surface area (Å²) in [5.41, 5.74) is 2.90. The number of benzene rings is 1. The van der Waals surface area contributed by atoms with Crippen LogP contribution in [-0.2, 0) is 32.1 Å². The van der Waals surface area contributed by atoms with Crippen molar-refractivity contribution in [3.8, 4) is 11.8 Å². The van der Waals surface area contributed by atoms with Gasteiger partial charge in [-0.1, -0.05) is 11.6 Å². The minimum Gasteiger partial charge on any atom is -0.492 e. The molecule has 2 fully saturated rings.